The molecule has 2 aromatic carbocycles. The Hall–Kier alpha value is -2.42. The Morgan fingerprint density at radius 2 is 2.00 bits per heavy atom. The van der Waals surface area contributed by atoms with Gasteiger partial charge in [-0.3, -0.25) is 4.79 Å². The van der Waals surface area contributed by atoms with Crippen molar-refractivity contribution in [1.82, 2.24) is 4.72 Å². The molecule has 0 spiro atoms. The first-order chi connectivity index (χ1) is 13.5. The molecule has 2 N–H and O–H groups in total. The van der Waals surface area contributed by atoms with E-state index >= 15 is 0 Å². The van der Waals surface area contributed by atoms with E-state index in [1.54, 1.807) is 36.4 Å². The van der Waals surface area contributed by atoms with Crippen LogP contribution in [0, 0.1) is 0 Å². The van der Waals surface area contributed by atoms with Crippen molar-refractivity contribution in [3.8, 4) is 5.75 Å². The third-order valence-electron chi connectivity index (χ3n) is 4.35. The van der Waals surface area contributed by atoms with Crippen molar-refractivity contribution >= 4 is 21.6 Å². The van der Waals surface area contributed by atoms with Gasteiger partial charge in [0.05, 0.1) is 17.6 Å². The minimum atomic E-state index is -3.62. The molecule has 1 fully saturated rings. The van der Waals surface area contributed by atoms with E-state index in [0.29, 0.717) is 30.2 Å². The summed E-state index contributed by atoms with van der Waals surface area (Å²) in [6, 6.07) is 12.9. The van der Waals surface area contributed by atoms with Gasteiger partial charge in [0.2, 0.25) is 10.0 Å². The number of anilines is 1. The molecule has 1 amide bonds. The molecule has 0 saturated carbocycles. The van der Waals surface area contributed by atoms with Crippen LogP contribution in [0.1, 0.15) is 30.1 Å². The summed E-state index contributed by atoms with van der Waals surface area (Å²) in [5.74, 6) is 0.322. The molecule has 0 bridgehead atoms. The van der Waals surface area contributed by atoms with Crippen molar-refractivity contribution in [3.05, 3.63) is 54.1 Å². The number of rotatable bonds is 8. The monoisotopic (exact) mass is 404 g/mol. The SMILES string of the molecule is CCOc1cccc(C(=O)Nc2ccc(S(=O)(=O)NC[C@@H]3CCCO3)cc2)c1. The normalized spacial score (nSPS) is 16.7. The number of benzene rings is 2. The van der Waals surface area contributed by atoms with Crippen molar-refractivity contribution in [1.29, 1.82) is 0 Å². The van der Waals surface area contributed by atoms with E-state index < -0.39 is 10.0 Å². The second kappa shape index (κ2) is 9.18. The highest BCUT2D eigenvalue weighted by molar-refractivity contribution is 7.89. The topological polar surface area (TPSA) is 93.7 Å². The molecule has 150 valence electrons. The molecular formula is C20H24N2O5S. The molecular weight excluding hydrogens is 380 g/mol. The first-order valence-electron chi connectivity index (χ1n) is 9.23. The molecule has 0 unspecified atom stereocenters. The van der Waals surface area contributed by atoms with Crippen LogP contribution in [0.2, 0.25) is 0 Å². The summed E-state index contributed by atoms with van der Waals surface area (Å²) in [7, 11) is -3.62. The van der Waals surface area contributed by atoms with Crippen LogP contribution >= 0.6 is 0 Å². The summed E-state index contributed by atoms with van der Waals surface area (Å²) in [5.41, 5.74) is 0.964. The summed E-state index contributed by atoms with van der Waals surface area (Å²) in [5, 5.41) is 2.75. The lowest BCUT2D eigenvalue weighted by Crippen LogP contribution is -2.31. The first kappa shape index (κ1) is 20.3. The quantitative estimate of drug-likeness (QED) is 0.706. The number of nitrogens with one attached hydrogen (secondary N) is 2. The Kier molecular flexibility index (Phi) is 6.66. The zero-order valence-electron chi connectivity index (χ0n) is 15.7. The lowest BCUT2D eigenvalue weighted by Gasteiger charge is -2.12. The first-order valence-corrected chi connectivity index (χ1v) is 10.7. The van der Waals surface area contributed by atoms with Crippen LogP contribution in [0.25, 0.3) is 0 Å². The number of hydrogen-bond donors (Lipinski definition) is 2. The van der Waals surface area contributed by atoms with Crippen molar-refractivity contribution in [3.63, 3.8) is 0 Å². The molecule has 28 heavy (non-hydrogen) atoms. The lowest BCUT2D eigenvalue weighted by molar-refractivity contribution is 0.102. The van der Waals surface area contributed by atoms with Crippen LogP contribution in [-0.4, -0.2) is 40.2 Å². The highest BCUT2D eigenvalue weighted by atomic mass is 32.2. The van der Waals surface area contributed by atoms with Crippen LogP contribution in [0.4, 0.5) is 5.69 Å². The fraction of sp³-hybridized carbons (Fsp3) is 0.350. The van der Waals surface area contributed by atoms with Gasteiger partial charge in [-0.25, -0.2) is 13.1 Å². The summed E-state index contributed by atoms with van der Waals surface area (Å²) in [4.78, 5) is 12.5. The van der Waals surface area contributed by atoms with Crippen LogP contribution in [0.5, 0.6) is 5.75 Å². The maximum absolute atomic E-state index is 12.4. The second-order valence-corrected chi connectivity index (χ2v) is 8.19. The van der Waals surface area contributed by atoms with Crippen LogP contribution in [0.15, 0.2) is 53.4 Å². The maximum atomic E-state index is 12.4. The van der Waals surface area contributed by atoms with E-state index in [1.165, 1.54) is 12.1 Å². The average Bonchev–Trinajstić information content (AvgIpc) is 3.21. The second-order valence-electron chi connectivity index (χ2n) is 6.43. The van der Waals surface area contributed by atoms with Crippen LogP contribution in [-0.2, 0) is 14.8 Å². The van der Waals surface area contributed by atoms with E-state index in [0.717, 1.165) is 12.8 Å². The van der Waals surface area contributed by atoms with Gasteiger partial charge in [-0.15, -0.1) is 0 Å². The molecule has 1 atom stereocenters. The maximum Gasteiger partial charge on any atom is 0.255 e. The molecule has 1 aliphatic rings. The summed E-state index contributed by atoms with van der Waals surface area (Å²) in [6.45, 7) is 3.32. The predicted octanol–water partition coefficient (Wildman–Crippen LogP) is 2.79. The van der Waals surface area contributed by atoms with Crippen molar-refractivity contribution in [2.45, 2.75) is 30.8 Å². The van der Waals surface area contributed by atoms with Gasteiger partial charge in [-0.2, -0.15) is 0 Å². The van der Waals surface area contributed by atoms with Crippen molar-refractivity contribution in [2.24, 2.45) is 0 Å². The smallest absolute Gasteiger partial charge is 0.255 e. The fourth-order valence-corrected chi connectivity index (χ4v) is 3.97. The Morgan fingerprint density at radius 1 is 1.21 bits per heavy atom. The van der Waals surface area contributed by atoms with E-state index in [2.05, 4.69) is 10.0 Å². The summed E-state index contributed by atoms with van der Waals surface area (Å²) >= 11 is 0. The molecule has 1 aliphatic heterocycles. The number of carbonyl (C=O) groups is 1. The molecule has 3 rings (SSSR count). The van der Waals surface area contributed by atoms with Gasteiger partial charge in [0, 0.05) is 24.4 Å². The summed E-state index contributed by atoms with van der Waals surface area (Å²) in [6.07, 6.45) is 1.74. The van der Waals surface area contributed by atoms with Crippen LogP contribution < -0.4 is 14.8 Å². The van der Waals surface area contributed by atoms with Crippen molar-refractivity contribution in [2.75, 3.05) is 25.1 Å². The Morgan fingerprint density at radius 3 is 2.68 bits per heavy atom. The zero-order chi connectivity index (χ0) is 20.0. The molecule has 1 heterocycles. The van der Waals surface area contributed by atoms with E-state index in [4.69, 9.17) is 9.47 Å². The van der Waals surface area contributed by atoms with Gasteiger partial charge < -0.3 is 14.8 Å². The van der Waals surface area contributed by atoms with Crippen molar-refractivity contribution < 1.29 is 22.7 Å². The van der Waals surface area contributed by atoms with Crippen LogP contribution in [0.3, 0.4) is 0 Å². The molecule has 8 heteroatoms. The molecule has 0 aliphatic carbocycles. The third-order valence-corrected chi connectivity index (χ3v) is 5.79. The highest BCUT2D eigenvalue weighted by Crippen LogP contribution is 2.18. The number of carbonyl (C=O) groups excluding carboxylic acids is 1. The van der Waals surface area contributed by atoms with Gasteiger partial charge in [0.15, 0.2) is 0 Å². The Bertz CT molecular complexity index is 906. The lowest BCUT2D eigenvalue weighted by atomic mass is 10.2. The Balaban J connectivity index is 1.62. The van der Waals surface area contributed by atoms with Gasteiger partial charge in [-0.05, 0) is 62.2 Å². The molecule has 1 saturated heterocycles. The zero-order valence-corrected chi connectivity index (χ0v) is 16.5. The molecule has 2 aromatic rings. The fourth-order valence-electron chi connectivity index (χ4n) is 2.91. The predicted molar refractivity (Wildman–Crippen MR) is 106 cm³/mol. The standard InChI is InChI=1S/C20H24N2O5S/c1-2-26-17-6-3-5-15(13-17)20(23)22-16-8-10-19(11-9-16)28(24,25)21-14-18-7-4-12-27-18/h3,5-6,8-11,13,18,21H,2,4,7,12,14H2,1H3,(H,22,23)/t18-/m0/s1. The highest BCUT2D eigenvalue weighted by Gasteiger charge is 2.20. The van der Waals surface area contributed by atoms with E-state index in [1.807, 2.05) is 6.92 Å². The molecule has 7 nitrogen and oxygen atoms in total. The third kappa shape index (κ3) is 5.31. The van der Waals surface area contributed by atoms with Gasteiger partial charge >= 0.3 is 0 Å². The minimum Gasteiger partial charge on any atom is -0.494 e. The number of amides is 1. The number of sulfonamides is 1. The molecule has 0 aromatic heterocycles. The minimum absolute atomic E-state index is 0.0687. The van der Waals surface area contributed by atoms with Gasteiger partial charge in [-0.1, -0.05) is 6.07 Å². The molecule has 0 radical (unpaired) electrons. The van der Waals surface area contributed by atoms with Gasteiger partial charge in [0.1, 0.15) is 5.75 Å². The number of ether oxygens (including phenoxy) is 2. The number of hydrogen-bond acceptors (Lipinski definition) is 5. The largest absolute Gasteiger partial charge is 0.494 e. The van der Waals surface area contributed by atoms with E-state index in [9.17, 15) is 13.2 Å². The van der Waals surface area contributed by atoms with E-state index in [-0.39, 0.29) is 23.5 Å². The Labute approximate surface area is 165 Å². The average molecular weight is 404 g/mol. The summed E-state index contributed by atoms with van der Waals surface area (Å²) < 4.78 is 38.1. The van der Waals surface area contributed by atoms with Gasteiger partial charge in [0.25, 0.3) is 5.91 Å².